The van der Waals surface area contributed by atoms with E-state index in [1.165, 1.54) is 49.7 Å². The minimum atomic E-state index is 0.0569. The summed E-state index contributed by atoms with van der Waals surface area (Å²) in [5, 5.41) is 7.23. The highest BCUT2D eigenvalue weighted by atomic mass is 16.5. The monoisotopic (exact) mass is 542 g/mol. The van der Waals surface area contributed by atoms with E-state index in [4.69, 9.17) is 9.15 Å². The van der Waals surface area contributed by atoms with Crippen LogP contribution in [0.3, 0.4) is 0 Å². The summed E-state index contributed by atoms with van der Waals surface area (Å²) in [5.41, 5.74) is 9.55. The average Bonchev–Trinajstić information content (AvgIpc) is 3.28. The van der Waals surface area contributed by atoms with Crippen LogP contribution in [0.1, 0.15) is 63.8 Å². The molecule has 208 valence electrons. The number of para-hydroxylation sites is 1. The smallest absolute Gasteiger partial charge is 0.228 e. The molecule has 0 fully saturated rings. The molecule has 41 heavy (non-hydrogen) atoms. The van der Waals surface area contributed by atoms with E-state index in [9.17, 15) is 0 Å². The second-order valence-corrected chi connectivity index (χ2v) is 14.6. The number of ether oxygens (including phenoxy) is 1. The molecule has 4 aromatic carbocycles. The molecular weight excluding hydrogens is 502 g/mol. The van der Waals surface area contributed by atoms with Gasteiger partial charge in [0.25, 0.3) is 0 Å². The Kier molecular flexibility index (Phi) is 5.46. The second kappa shape index (κ2) is 8.58. The van der Waals surface area contributed by atoms with Gasteiger partial charge < -0.3 is 9.15 Å². The molecule has 1 aliphatic heterocycles. The van der Waals surface area contributed by atoms with Gasteiger partial charge in [-0.1, -0.05) is 83.5 Å². The van der Waals surface area contributed by atoms with Gasteiger partial charge in [-0.25, -0.2) is 4.57 Å². The Morgan fingerprint density at radius 2 is 1.41 bits per heavy atom. The number of hydrogen-bond donors (Lipinski definition) is 0. The molecule has 0 saturated heterocycles. The van der Waals surface area contributed by atoms with Crippen molar-refractivity contribution in [2.24, 2.45) is 17.9 Å². The lowest BCUT2D eigenvalue weighted by molar-refractivity contribution is -0.659. The van der Waals surface area contributed by atoms with Gasteiger partial charge in [0.2, 0.25) is 5.69 Å². The Morgan fingerprint density at radius 3 is 2.15 bits per heavy atom. The van der Waals surface area contributed by atoms with E-state index < -0.39 is 0 Å². The number of aromatic nitrogens is 1. The van der Waals surface area contributed by atoms with Crippen molar-refractivity contribution in [3.63, 3.8) is 0 Å². The molecule has 6 aromatic rings. The van der Waals surface area contributed by atoms with E-state index in [0.29, 0.717) is 0 Å². The van der Waals surface area contributed by atoms with Gasteiger partial charge in [-0.3, -0.25) is 0 Å². The summed E-state index contributed by atoms with van der Waals surface area (Å²) in [7, 11) is 2.17. The van der Waals surface area contributed by atoms with Crippen molar-refractivity contribution in [2.45, 2.75) is 68.2 Å². The fourth-order valence-corrected chi connectivity index (χ4v) is 6.99. The predicted molar refractivity (Wildman–Crippen MR) is 171 cm³/mol. The third-order valence-corrected chi connectivity index (χ3v) is 8.60. The molecule has 3 heteroatoms. The fraction of sp³-hybridized carbons (Fsp3) is 0.342. The van der Waals surface area contributed by atoms with Crippen molar-refractivity contribution in [3.05, 3.63) is 77.0 Å². The highest BCUT2D eigenvalue weighted by Crippen LogP contribution is 2.55. The van der Waals surface area contributed by atoms with Crippen LogP contribution in [0.4, 0.5) is 0 Å². The Balaban J connectivity index is 1.72. The molecular formula is C38H40NO2+. The van der Waals surface area contributed by atoms with Crippen LogP contribution in [0.15, 0.2) is 59.1 Å². The minimum absolute atomic E-state index is 0.0569. The molecule has 1 aliphatic rings. The molecule has 0 amide bonds. The SMILES string of the molecule is Cc1ccc2c(CC(C)(C)C)c3c(c(C)c2c1)-c1c2c(c(CC(C)(C)C)c4c5ccccc5oc4c2cc[n+]1C)O3. The molecule has 2 aromatic heterocycles. The van der Waals surface area contributed by atoms with Gasteiger partial charge in [0, 0.05) is 33.4 Å². The minimum Gasteiger partial charge on any atom is -0.455 e. The zero-order valence-corrected chi connectivity index (χ0v) is 25.9. The van der Waals surface area contributed by atoms with Crippen LogP contribution in [0.25, 0.3) is 54.7 Å². The third kappa shape index (κ3) is 3.96. The average molecular weight is 543 g/mol. The summed E-state index contributed by atoms with van der Waals surface area (Å²) < 4.78 is 16.3. The number of rotatable bonds is 2. The van der Waals surface area contributed by atoms with Crippen LogP contribution in [0, 0.1) is 24.7 Å². The first kappa shape index (κ1) is 26.1. The zero-order chi connectivity index (χ0) is 29.0. The van der Waals surface area contributed by atoms with Crippen molar-refractivity contribution >= 4 is 43.5 Å². The Bertz CT molecular complexity index is 2060. The quantitative estimate of drug-likeness (QED) is 0.203. The number of aryl methyl sites for hydroxylation is 3. The van der Waals surface area contributed by atoms with Crippen molar-refractivity contribution in [1.82, 2.24) is 0 Å². The maximum absolute atomic E-state index is 7.35. The molecule has 7 rings (SSSR count). The number of fused-ring (bicyclic) bond motifs is 7. The summed E-state index contributed by atoms with van der Waals surface area (Å²) in [4.78, 5) is 0. The maximum Gasteiger partial charge on any atom is 0.228 e. The van der Waals surface area contributed by atoms with E-state index in [0.717, 1.165) is 51.7 Å². The molecule has 0 bridgehead atoms. The number of nitrogens with zero attached hydrogens (tertiary/aromatic N) is 1. The first-order valence-corrected chi connectivity index (χ1v) is 14.8. The van der Waals surface area contributed by atoms with Crippen molar-refractivity contribution < 1.29 is 13.7 Å². The molecule has 0 N–H and O–H groups in total. The third-order valence-electron chi connectivity index (χ3n) is 8.60. The van der Waals surface area contributed by atoms with Crippen LogP contribution < -0.4 is 9.30 Å². The summed E-state index contributed by atoms with van der Waals surface area (Å²) >= 11 is 0. The largest absolute Gasteiger partial charge is 0.455 e. The fourth-order valence-electron chi connectivity index (χ4n) is 6.99. The number of benzene rings is 4. The number of pyridine rings is 1. The highest BCUT2D eigenvalue weighted by molar-refractivity contribution is 6.22. The predicted octanol–water partition coefficient (Wildman–Crippen LogP) is 10.3. The molecule has 3 heterocycles. The van der Waals surface area contributed by atoms with Gasteiger partial charge >= 0.3 is 0 Å². The Morgan fingerprint density at radius 1 is 0.707 bits per heavy atom. The number of furan rings is 1. The molecule has 0 atom stereocenters. The molecule has 3 nitrogen and oxygen atoms in total. The van der Waals surface area contributed by atoms with E-state index in [1.807, 2.05) is 0 Å². The van der Waals surface area contributed by atoms with Crippen molar-refractivity contribution in [2.75, 3.05) is 0 Å². The Hall–Kier alpha value is -3.85. The second-order valence-electron chi connectivity index (χ2n) is 14.6. The van der Waals surface area contributed by atoms with Gasteiger partial charge in [0.15, 0.2) is 6.20 Å². The highest BCUT2D eigenvalue weighted by Gasteiger charge is 2.37. The van der Waals surface area contributed by atoms with Crippen molar-refractivity contribution in [3.8, 4) is 22.8 Å². The molecule has 0 unspecified atom stereocenters. The van der Waals surface area contributed by atoms with E-state index in [1.54, 1.807) is 0 Å². The van der Waals surface area contributed by atoms with E-state index in [2.05, 4.69) is 122 Å². The van der Waals surface area contributed by atoms with Crippen LogP contribution in [-0.4, -0.2) is 0 Å². The van der Waals surface area contributed by atoms with Gasteiger partial charge in [0.05, 0.1) is 5.56 Å². The van der Waals surface area contributed by atoms with Gasteiger partial charge in [-0.15, -0.1) is 0 Å². The summed E-state index contributed by atoms with van der Waals surface area (Å²) in [6, 6.07) is 17.5. The van der Waals surface area contributed by atoms with Crippen LogP contribution in [0.5, 0.6) is 11.5 Å². The molecule has 0 saturated carbocycles. The van der Waals surface area contributed by atoms with Gasteiger partial charge in [-0.05, 0) is 59.9 Å². The first-order chi connectivity index (χ1) is 19.3. The van der Waals surface area contributed by atoms with Crippen LogP contribution in [0.2, 0.25) is 0 Å². The number of hydrogen-bond acceptors (Lipinski definition) is 2. The normalized spacial score (nSPS) is 13.4. The Labute approximate surface area is 242 Å². The lowest BCUT2D eigenvalue weighted by Crippen LogP contribution is -2.32. The molecule has 0 radical (unpaired) electrons. The van der Waals surface area contributed by atoms with E-state index >= 15 is 0 Å². The zero-order valence-electron chi connectivity index (χ0n) is 25.9. The lowest BCUT2D eigenvalue weighted by atomic mass is 9.80. The van der Waals surface area contributed by atoms with Crippen LogP contribution >= 0.6 is 0 Å². The summed E-state index contributed by atoms with van der Waals surface area (Å²) in [6.07, 6.45) is 4.00. The topological polar surface area (TPSA) is 26.2 Å². The summed E-state index contributed by atoms with van der Waals surface area (Å²) in [5.74, 6) is 2.01. The lowest BCUT2D eigenvalue weighted by Gasteiger charge is -2.30. The molecule has 0 aliphatic carbocycles. The van der Waals surface area contributed by atoms with E-state index in [-0.39, 0.29) is 10.8 Å². The first-order valence-electron chi connectivity index (χ1n) is 14.8. The van der Waals surface area contributed by atoms with Crippen LogP contribution in [-0.2, 0) is 19.9 Å². The molecule has 0 spiro atoms. The van der Waals surface area contributed by atoms with Crippen molar-refractivity contribution in [1.29, 1.82) is 0 Å². The standard InChI is InChI=1S/C38H40NO2/c1-21-14-15-23-26(18-21)22(2)30-33-32-25(16-17-39(33)9)34-31(24-12-10-11-13-29(24)40-34)28(20-38(6,7)8)36(32)41-35(30)27(23)19-37(3,4)5/h10-18H,19-20H2,1-9H3/q+1. The van der Waals surface area contributed by atoms with Gasteiger partial charge in [-0.2, -0.15) is 0 Å². The van der Waals surface area contributed by atoms with Gasteiger partial charge in [0.1, 0.15) is 35.1 Å². The maximum atomic E-state index is 7.35. The summed E-state index contributed by atoms with van der Waals surface area (Å²) in [6.45, 7) is 18.4.